The largest absolute Gasteiger partial charge is 0.449 e. The summed E-state index contributed by atoms with van der Waals surface area (Å²) in [7, 11) is 0. The van der Waals surface area contributed by atoms with Crippen molar-refractivity contribution in [2.45, 2.75) is 79.2 Å². The van der Waals surface area contributed by atoms with Gasteiger partial charge in [-0.2, -0.15) is 0 Å². The molecule has 3 rings (SSSR count). The van der Waals surface area contributed by atoms with Gasteiger partial charge in [-0.3, -0.25) is 4.90 Å². The van der Waals surface area contributed by atoms with Crippen LogP contribution >= 0.6 is 0 Å². The number of fused-ring (bicyclic) bond motifs is 1. The lowest BCUT2D eigenvalue weighted by molar-refractivity contribution is -0.154. The Hall–Kier alpha value is -0.810. The van der Waals surface area contributed by atoms with Crippen LogP contribution in [0.4, 0.5) is 4.79 Å². The first-order valence-corrected chi connectivity index (χ1v) is 9.25. The minimum Gasteiger partial charge on any atom is -0.449 e. The third-order valence-electron chi connectivity index (χ3n) is 7.53. The summed E-state index contributed by atoms with van der Waals surface area (Å²) in [5.41, 5.74) is -0.313. The van der Waals surface area contributed by atoms with Gasteiger partial charge in [0.25, 0.3) is 0 Å². The molecule has 1 heterocycles. The zero-order chi connectivity index (χ0) is 18.1. The van der Waals surface area contributed by atoms with Gasteiger partial charge in [-0.25, -0.2) is 4.79 Å². The van der Waals surface area contributed by atoms with Gasteiger partial charge in [-0.1, -0.05) is 41.5 Å². The molecule has 2 N–H and O–H groups in total. The van der Waals surface area contributed by atoms with E-state index < -0.39 is 24.3 Å². The molecule has 138 valence electrons. The number of cyclic esters (lactones) is 1. The van der Waals surface area contributed by atoms with Crippen LogP contribution in [0.15, 0.2) is 0 Å². The van der Waals surface area contributed by atoms with Crippen LogP contribution in [0.25, 0.3) is 0 Å². The van der Waals surface area contributed by atoms with E-state index in [0.717, 1.165) is 12.8 Å². The molecule has 24 heavy (non-hydrogen) atoms. The fourth-order valence-corrected chi connectivity index (χ4v) is 5.65. The number of amides is 1. The van der Waals surface area contributed by atoms with E-state index in [1.165, 1.54) is 6.42 Å². The van der Waals surface area contributed by atoms with Crippen LogP contribution in [-0.4, -0.2) is 46.2 Å². The number of nitrogens with zero attached hydrogens (tertiary/aromatic N) is 1. The molecule has 0 radical (unpaired) electrons. The maximum Gasteiger partial charge on any atom is 0.412 e. The molecule has 2 saturated carbocycles. The number of aliphatic hydroxyl groups excluding tert-OH is 2. The van der Waals surface area contributed by atoms with Gasteiger partial charge in [0.05, 0.1) is 6.10 Å². The van der Waals surface area contributed by atoms with E-state index in [4.69, 9.17) is 4.74 Å². The molecule has 0 aromatic carbocycles. The molecule has 6 atom stereocenters. The van der Waals surface area contributed by atoms with Crippen molar-refractivity contribution < 1.29 is 19.7 Å². The van der Waals surface area contributed by atoms with E-state index >= 15 is 0 Å². The fourth-order valence-electron chi connectivity index (χ4n) is 5.65. The van der Waals surface area contributed by atoms with E-state index in [-0.39, 0.29) is 22.3 Å². The first kappa shape index (κ1) is 18.0. The number of hydrogen-bond acceptors (Lipinski definition) is 4. The first-order chi connectivity index (χ1) is 10.9. The maximum absolute atomic E-state index is 12.5. The third kappa shape index (κ3) is 2.23. The number of aliphatic hydroxyl groups is 2. The monoisotopic (exact) mass is 339 g/mol. The minimum absolute atomic E-state index is 0.0112. The molecule has 1 spiro atoms. The van der Waals surface area contributed by atoms with Crippen LogP contribution in [0.3, 0.4) is 0 Å². The smallest absolute Gasteiger partial charge is 0.412 e. The Bertz CT molecular complexity index is 526. The highest BCUT2D eigenvalue weighted by Gasteiger charge is 2.69. The molecule has 0 aromatic rings. The van der Waals surface area contributed by atoms with E-state index in [0.29, 0.717) is 12.5 Å². The number of hydrogen-bond donors (Lipinski definition) is 2. The van der Waals surface area contributed by atoms with Crippen molar-refractivity contribution >= 4 is 6.09 Å². The standard InChI is InChI=1S/C19H33NO4/c1-11(14(21)17(2,3)4)15(22)20-13-9-12-7-8-19(13,18(12,5)6)10-24-16(20)23/h11-15,21-22H,7-10H2,1-6H3/t11-,12+,13+,14+,15?,19+/m0/s1. The first-order valence-electron chi connectivity index (χ1n) is 9.25. The molecule has 5 nitrogen and oxygen atoms in total. The maximum atomic E-state index is 12.5. The van der Waals surface area contributed by atoms with Crippen LogP contribution in [-0.2, 0) is 4.74 Å². The molecule has 3 fully saturated rings. The Balaban J connectivity index is 1.89. The molecule has 3 aliphatic rings. The number of rotatable bonds is 3. The Morgan fingerprint density at radius 3 is 2.46 bits per heavy atom. The van der Waals surface area contributed by atoms with E-state index in [1.54, 1.807) is 4.90 Å². The number of carbonyl (C=O) groups excluding carboxylic acids is 1. The summed E-state index contributed by atoms with van der Waals surface area (Å²) in [6.45, 7) is 12.7. The predicted octanol–water partition coefficient (Wildman–Crippen LogP) is 3.00. The zero-order valence-electron chi connectivity index (χ0n) is 15.9. The molecule has 1 unspecified atom stereocenters. The Morgan fingerprint density at radius 2 is 1.92 bits per heavy atom. The molecular weight excluding hydrogens is 306 g/mol. The molecule has 5 heteroatoms. The van der Waals surface area contributed by atoms with Gasteiger partial charge in [-0.15, -0.1) is 0 Å². The van der Waals surface area contributed by atoms with E-state index in [2.05, 4.69) is 13.8 Å². The zero-order valence-corrected chi connectivity index (χ0v) is 15.9. The molecule has 2 bridgehead atoms. The van der Waals surface area contributed by atoms with Crippen LogP contribution in [0.5, 0.6) is 0 Å². The summed E-state index contributed by atoms with van der Waals surface area (Å²) in [6.07, 6.45) is 0.980. The van der Waals surface area contributed by atoms with Gasteiger partial charge >= 0.3 is 6.09 Å². The van der Waals surface area contributed by atoms with Crippen molar-refractivity contribution in [2.24, 2.45) is 28.1 Å². The number of ether oxygens (including phenoxy) is 1. The third-order valence-corrected chi connectivity index (χ3v) is 7.53. The summed E-state index contributed by atoms with van der Waals surface area (Å²) in [4.78, 5) is 14.0. The van der Waals surface area contributed by atoms with Crippen molar-refractivity contribution in [2.75, 3.05) is 6.61 Å². The van der Waals surface area contributed by atoms with Gasteiger partial charge in [0.15, 0.2) is 0 Å². The van der Waals surface area contributed by atoms with Gasteiger partial charge in [0, 0.05) is 17.4 Å². The molecule has 2 aliphatic carbocycles. The van der Waals surface area contributed by atoms with Crippen LogP contribution in [0.1, 0.15) is 60.8 Å². The SMILES string of the molecule is C[C@H](C(O)N1C(=O)OC[C@]23CC[C@H](C[C@@H]12)C3(C)C)[C@@H](O)C(C)(C)C. The van der Waals surface area contributed by atoms with Gasteiger partial charge in [-0.05, 0) is 36.0 Å². The predicted molar refractivity (Wildman–Crippen MR) is 91.2 cm³/mol. The average Bonchev–Trinajstić information content (AvgIpc) is 2.86. The lowest BCUT2D eigenvalue weighted by Gasteiger charge is -2.52. The highest BCUT2D eigenvalue weighted by atomic mass is 16.6. The molecule has 1 saturated heterocycles. The summed E-state index contributed by atoms with van der Waals surface area (Å²) in [5.74, 6) is 0.129. The van der Waals surface area contributed by atoms with Crippen molar-refractivity contribution in [1.82, 2.24) is 4.90 Å². The van der Waals surface area contributed by atoms with Crippen molar-refractivity contribution in [3.63, 3.8) is 0 Å². The quantitative estimate of drug-likeness (QED) is 0.829. The van der Waals surface area contributed by atoms with Crippen molar-refractivity contribution in [1.29, 1.82) is 0 Å². The normalized spacial score (nSPS) is 38.5. The van der Waals surface area contributed by atoms with Crippen LogP contribution in [0.2, 0.25) is 0 Å². The van der Waals surface area contributed by atoms with Crippen LogP contribution < -0.4 is 0 Å². The Morgan fingerprint density at radius 1 is 1.29 bits per heavy atom. The Labute approximate surface area is 145 Å². The average molecular weight is 339 g/mol. The minimum atomic E-state index is -1.02. The summed E-state index contributed by atoms with van der Waals surface area (Å²) in [5, 5.41) is 21.5. The number of carbonyl (C=O) groups is 1. The Kier molecular flexibility index (Phi) is 4.00. The fraction of sp³-hybridized carbons (Fsp3) is 0.947. The van der Waals surface area contributed by atoms with E-state index in [9.17, 15) is 15.0 Å². The van der Waals surface area contributed by atoms with Gasteiger partial charge < -0.3 is 14.9 Å². The van der Waals surface area contributed by atoms with Crippen molar-refractivity contribution in [3.8, 4) is 0 Å². The highest BCUT2D eigenvalue weighted by molar-refractivity contribution is 5.70. The topological polar surface area (TPSA) is 70.0 Å². The van der Waals surface area contributed by atoms with Gasteiger partial charge in [0.2, 0.25) is 0 Å². The summed E-state index contributed by atoms with van der Waals surface area (Å²) < 4.78 is 5.54. The molecule has 1 aliphatic heterocycles. The van der Waals surface area contributed by atoms with Crippen LogP contribution in [0, 0.1) is 28.1 Å². The summed E-state index contributed by atoms with van der Waals surface area (Å²) in [6, 6.07) is 0.0112. The molecular formula is C19H33NO4. The summed E-state index contributed by atoms with van der Waals surface area (Å²) >= 11 is 0. The van der Waals surface area contributed by atoms with Gasteiger partial charge in [0.1, 0.15) is 12.8 Å². The second kappa shape index (κ2) is 5.34. The highest BCUT2D eigenvalue weighted by Crippen LogP contribution is 2.68. The lowest BCUT2D eigenvalue weighted by atomic mass is 9.67. The molecule has 1 amide bonds. The lowest BCUT2D eigenvalue weighted by Crippen LogP contribution is -2.63. The van der Waals surface area contributed by atoms with E-state index in [1.807, 2.05) is 27.7 Å². The molecule has 0 aromatic heterocycles. The van der Waals surface area contributed by atoms with Crippen molar-refractivity contribution in [3.05, 3.63) is 0 Å². The second-order valence-corrected chi connectivity index (χ2v) is 9.91. The second-order valence-electron chi connectivity index (χ2n) is 9.91.